The highest BCUT2D eigenvalue weighted by Gasteiger charge is 2.18. The lowest BCUT2D eigenvalue weighted by molar-refractivity contribution is 0.413. The van der Waals surface area contributed by atoms with Crippen molar-refractivity contribution in [3.8, 4) is 28.6 Å². The van der Waals surface area contributed by atoms with Crippen molar-refractivity contribution in [3.05, 3.63) is 29.4 Å². The molecular formula is C13H12ClN5O2. The quantitative estimate of drug-likeness (QED) is 0.798. The predicted molar refractivity (Wildman–Crippen MR) is 77.9 cm³/mol. The number of nitrogens with two attached hydrogens (primary N) is 1. The van der Waals surface area contributed by atoms with Crippen molar-refractivity contribution < 1.29 is 9.26 Å². The summed E-state index contributed by atoms with van der Waals surface area (Å²) in [5.74, 6) is 1.71. The predicted octanol–water partition coefficient (Wildman–Crippen LogP) is 2.38. The maximum atomic E-state index is 5.94. The van der Waals surface area contributed by atoms with Crippen LogP contribution in [-0.2, 0) is 7.05 Å². The SMILES string of the molecule is COc1cc(Cl)ccc1-c1noc(-c2cnn(C)c2N)n1. The van der Waals surface area contributed by atoms with Crippen molar-refractivity contribution in [2.45, 2.75) is 0 Å². The van der Waals surface area contributed by atoms with Gasteiger partial charge in [0.1, 0.15) is 17.1 Å². The highest BCUT2D eigenvalue weighted by atomic mass is 35.5. The van der Waals surface area contributed by atoms with E-state index in [1.54, 1.807) is 38.6 Å². The van der Waals surface area contributed by atoms with Gasteiger partial charge in [0.15, 0.2) is 0 Å². The van der Waals surface area contributed by atoms with Gasteiger partial charge in [-0.1, -0.05) is 16.8 Å². The lowest BCUT2D eigenvalue weighted by Crippen LogP contribution is -1.98. The standard InChI is InChI=1S/C13H12ClN5O2/c1-19-11(15)9(6-16-19)13-17-12(18-21-13)8-4-3-7(14)5-10(8)20-2/h3-6H,15H2,1-2H3. The van der Waals surface area contributed by atoms with Crippen LogP contribution in [0.3, 0.4) is 0 Å². The molecule has 0 aliphatic carbocycles. The lowest BCUT2D eigenvalue weighted by atomic mass is 10.2. The van der Waals surface area contributed by atoms with E-state index in [9.17, 15) is 0 Å². The molecule has 0 fully saturated rings. The van der Waals surface area contributed by atoms with Gasteiger partial charge in [-0.3, -0.25) is 4.68 Å². The molecule has 2 heterocycles. The Morgan fingerprint density at radius 2 is 2.14 bits per heavy atom. The second-order valence-corrected chi connectivity index (χ2v) is 4.77. The Morgan fingerprint density at radius 1 is 1.33 bits per heavy atom. The maximum absolute atomic E-state index is 5.94. The molecule has 0 atom stereocenters. The largest absolute Gasteiger partial charge is 0.496 e. The van der Waals surface area contributed by atoms with Crippen molar-refractivity contribution in [1.82, 2.24) is 19.9 Å². The van der Waals surface area contributed by atoms with Crippen molar-refractivity contribution in [2.24, 2.45) is 7.05 Å². The fourth-order valence-corrected chi connectivity index (χ4v) is 2.07. The topological polar surface area (TPSA) is 92.0 Å². The van der Waals surface area contributed by atoms with Crippen LogP contribution in [0.5, 0.6) is 5.75 Å². The number of nitrogens with zero attached hydrogens (tertiary/aromatic N) is 4. The van der Waals surface area contributed by atoms with Crippen LogP contribution in [0.2, 0.25) is 5.02 Å². The first-order valence-corrected chi connectivity index (χ1v) is 6.43. The summed E-state index contributed by atoms with van der Waals surface area (Å²) in [6, 6.07) is 5.18. The summed E-state index contributed by atoms with van der Waals surface area (Å²) in [5, 5.41) is 8.56. The zero-order chi connectivity index (χ0) is 15.0. The smallest absolute Gasteiger partial charge is 0.263 e. The Morgan fingerprint density at radius 3 is 2.81 bits per heavy atom. The van der Waals surface area contributed by atoms with Crippen LogP contribution in [0.4, 0.5) is 5.82 Å². The summed E-state index contributed by atoms with van der Waals surface area (Å²) in [6.45, 7) is 0. The van der Waals surface area contributed by atoms with Gasteiger partial charge in [-0.2, -0.15) is 10.1 Å². The zero-order valence-corrected chi connectivity index (χ0v) is 12.1. The molecule has 0 saturated carbocycles. The Balaban J connectivity index is 2.05. The van der Waals surface area contributed by atoms with Crippen LogP contribution in [0.15, 0.2) is 28.9 Å². The second-order valence-electron chi connectivity index (χ2n) is 4.33. The first-order valence-electron chi connectivity index (χ1n) is 6.05. The minimum absolute atomic E-state index is 0.299. The molecule has 3 aromatic rings. The van der Waals surface area contributed by atoms with Gasteiger partial charge in [-0.05, 0) is 18.2 Å². The Hall–Kier alpha value is -2.54. The number of hydrogen-bond acceptors (Lipinski definition) is 6. The van der Waals surface area contributed by atoms with Gasteiger partial charge in [0.05, 0.1) is 18.9 Å². The second kappa shape index (κ2) is 5.10. The molecule has 0 amide bonds. The molecule has 0 saturated heterocycles. The number of nitrogen functional groups attached to an aromatic ring is 1. The molecule has 21 heavy (non-hydrogen) atoms. The van der Waals surface area contributed by atoms with E-state index in [0.29, 0.717) is 39.4 Å². The van der Waals surface area contributed by atoms with E-state index in [0.717, 1.165) is 0 Å². The highest BCUT2D eigenvalue weighted by Crippen LogP contribution is 2.32. The number of aromatic nitrogens is 4. The lowest BCUT2D eigenvalue weighted by Gasteiger charge is -2.04. The molecule has 0 radical (unpaired) electrons. The van der Waals surface area contributed by atoms with Gasteiger partial charge in [-0.15, -0.1) is 0 Å². The molecular weight excluding hydrogens is 294 g/mol. The molecule has 0 unspecified atom stereocenters. The minimum atomic E-state index is 0.299. The summed E-state index contributed by atoms with van der Waals surface area (Å²) in [5.41, 5.74) is 7.16. The van der Waals surface area contributed by atoms with E-state index in [2.05, 4.69) is 15.2 Å². The number of halogens is 1. The van der Waals surface area contributed by atoms with E-state index in [1.807, 2.05) is 0 Å². The number of hydrogen-bond donors (Lipinski definition) is 1. The summed E-state index contributed by atoms with van der Waals surface area (Å²) >= 11 is 5.94. The van der Waals surface area contributed by atoms with Crippen molar-refractivity contribution in [3.63, 3.8) is 0 Å². The van der Waals surface area contributed by atoms with Crippen molar-refractivity contribution >= 4 is 17.4 Å². The van der Waals surface area contributed by atoms with E-state index >= 15 is 0 Å². The van der Waals surface area contributed by atoms with Gasteiger partial charge >= 0.3 is 0 Å². The Kier molecular flexibility index (Phi) is 3.26. The fourth-order valence-electron chi connectivity index (χ4n) is 1.90. The van der Waals surface area contributed by atoms with Crippen LogP contribution < -0.4 is 10.5 Å². The van der Waals surface area contributed by atoms with Gasteiger partial charge in [0, 0.05) is 12.1 Å². The molecule has 2 aromatic heterocycles. The zero-order valence-electron chi connectivity index (χ0n) is 11.4. The third-order valence-corrected chi connectivity index (χ3v) is 3.28. The molecule has 108 valence electrons. The highest BCUT2D eigenvalue weighted by molar-refractivity contribution is 6.30. The number of rotatable bonds is 3. The summed E-state index contributed by atoms with van der Waals surface area (Å²) in [7, 11) is 3.29. The van der Waals surface area contributed by atoms with Crippen molar-refractivity contribution in [2.75, 3.05) is 12.8 Å². The van der Waals surface area contributed by atoms with Gasteiger partial charge in [0.25, 0.3) is 5.89 Å². The maximum Gasteiger partial charge on any atom is 0.263 e. The van der Waals surface area contributed by atoms with Gasteiger partial charge in [0.2, 0.25) is 5.82 Å². The first-order chi connectivity index (χ1) is 10.1. The summed E-state index contributed by atoms with van der Waals surface area (Å²) in [6.07, 6.45) is 1.58. The van der Waals surface area contributed by atoms with Crippen LogP contribution in [0.25, 0.3) is 22.8 Å². The molecule has 7 nitrogen and oxygen atoms in total. The van der Waals surface area contributed by atoms with Gasteiger partial charge in [-0.25, -0.2) is 0 Å². The Bertz CT molecular complexity index is 796. The van der Waals surface area contributed by atoms with Crippen LogP contribution >= 0.6 is 11.6 Å². The number of anilines is 1. The molecule has 0 aliphatic rings. The van der Waals surface area contributed by atoms with Crippen molar-refractivity contribution in [1.29, 1.82) is 0 Å². The molecule has 2 N–H and O–H groups in total. The normalized spacial score (nSPS) is 10.8. The number of benzene rings is 1. The Labute approximate surface area is 125 Å². The minimum Gasteiger partial charge on any atom is -0.496 e. The molecule has 0 bridgehead atoms. The molecule has 0 spiro atoms. The van der Waals surface area contributed by atoms with E-state index in [-0.39, 0.29) is 0 Å². The van der Waals surface area contributed by atoms with Crippen LogP contribution in [0.1, 0.15) is 0 Å². The summed E-state index contributed by atoms with van der Waals surface area (Å²) < 4.78 is 12.1. The summed E-state index contributed by atoms with van der Waals surface area (Å²) in [4.78, 5) is 4.33. The number of methoxy groups -OCH3 is 1. The molecule has 1 aromatic carbocycles. The third-order valence-electron chi connectivity index (χ3n) is 3.05. The monoisotopic (exact) mass is 305 g/mol. The fraction of sp³-hybridized carbons (Fsp3) is 0.154. The molecule has 3 rings (SSSR count). The van der Waals surface area contributed by atoms with Gasteiger partial charge < -0.3 is 15.0 Å². The number of aryl methyl sites for hydroxylation is 1. The van der Waals surface area contributed by atoms with E-state index < -0.39 is 0 Å². The average Bonchev–Trinajstić information content (AvgIpc) is 3.07. The third kappa shape index (κ3) is 2.31. The van der Waals surface area contributed by atoms with Crippen LogP contribution in [0, 0.1) is 0 Å². The first kappa shape index (κ1) is 13.4. The molecule has 0 aliphatic heterocycles. The van der Waals surface area contributed by atoms with E-state index in [1.165, 1.54) is 4.68 Å². The van der Waals surface area contributed by atoms with Crippen LogP contribution in [-0.4, -0.2) is 27.0 Å². The number of ether oxygens (including phenoxy) is 1. The molecule has 8 heteroatoms. The average molecular weight is 306 g/mol. The van der Waals surface area contributed by atoms with E-state index in [4.69, 9.17) is 26.6 Å².